The summed E-state index contributed by atoms with van der Waals surface area (Å²) in [6, 6.07) is 11.7. The number of nitrogens with one attached hydrogen (secondary N) is 3. The van der Waals surface area contributed by atoms with Crippen LogP contribution in [0.4, 0.5) is 5.69 Å². The summed E-state index contributed by atoms with van der Waals surface area (Å²) in [6.07, 6.45) is 1.75. The highest BCUT2D eigenvalue weighted by Crippen LogP contribution is 2.22. The molecule has 0 bridgehead atoms. The van der Waals surface area contributed by atoms with E-state index in [9.17, 15) is 4.79 Å². The van der Waals surface area contributed by atoms with E-state index in [1.54, 1.807) is 6.20 Å². The van der Waals surface area contributed by atoms with Gasteiger partial charge >= 0.3 is 0 Å². The summed E-state index contributed by atoms with van der Waals surface area (Å²) in [5.41, 5.74) is 5.50. The molecule has 1 amide bonds. The summed E-state index contributed by atoms with van der Waals surface area (Å²) in [5.74, 6) is -0.155. The Kier molecular flexibility index (Phi) is 2.94. The maximum atomic E-state index is 12.5. The lowest BCUT2D eigenvalue weighted by molar-refractivity contribution is 0.102. The van der Waals surface area contributed by atoms with Crippen molar-refractivity contribution in [2.24, 2.45) is 0 Å². The van der Waals surface area contributed by atoms with Crippen LogP contribution in [0.5, 0.6) is 0 Å². The molecule has 2 aromatic carbocycles. The molecule has 0 spiro atoms. The molecule has 114 valence electrons. The number of carbonyl (C=O) groups excluding carboxylic acids is 1. The topological polar surface area (TPSA) is 73.6 Å². The molecule has 2 aromatic heterocycles. The maximum Gasteiger partial charge on any atom is 0.272 e. The van der Waals surface area contributed by atoms with Crippen LogP contribution in [0.2, 0.25) is 0 Å². The molecule has 0 aliphatic heterocycles. The second-order valence-electron chi connectivity index (χ2n) is 5.85. The van der Waals surface area contributed by atoms with Crippen LogP contribution in [0.3, 0.4) is 0 Å². The molecule has 4 rings (SSSR count). The van der Waals surface area contributed by atoms with E-state index >= 15 is 0 Å². The molecule has 23 heavy (non-hydrogen) atoms. The SMILES string of the molecule is Cc1cc(C)c2cc(C(=O)Nc3ccc4cn[nH]c4c3)[nH]c2c1. The van der Waals surface area contributed by atoms with Crippen LogP contribution in [0.1, 0.15) is 21.6 Å². The van der Waals surface area contributed by atoms with Gasteiger partial charge in [0.15, 0.2) is 0 Å². The lowest BCUT2D eigenvalue weighted by Crippen LogP contribution is -2.12. The van der Waals surface area contributed by atoms with Gasteiger partial charge in [-0.1, -0.05) is 6.07 Å². The van der Waals surface area contributed by atoms with E-state index in [-0.39, 0.29) is 5.91 Å². The second kappa shape index (κ2) is 4.98. The number of benzene rings is 2. The normalized spacial score (nSPS) is 11.2. The predicted octanol–water partition coefficient (Wildman–Crippen LogP) is 3.91. The minimum absolute atomic E-state index is 0.155. The van der Waals surface area contributed by atoms with Gasteiger partial charge in [-0.3, -0.25) is 9.89 Å². The van der Waals surface area contributed by atoms with Gasteiger partial charge in [-0.05, 0) is 55.3 Å². The van der Waals surface area contributed by atoms with Gasteiger partial charge in [0.1, 0.15) is 5.69 Å². The number of H-pyrrole nitrogens is 2. The minimum Gasteiger partial charge on any atom is -0.351 e. The Morgan fingerprint density at radius 2 is 1.96 bits per heavy atom. The van der Waals surface area contributed by atoms with Crippen LogP contribution >= 0.6 is 0 Å². The highest BCUT2D eigenvalue weighted by molar-refractivity contribution is 6.07. The third-order valence-corrected chi connectivity index (χ3v) is 4.03. The molecule has 0 radical (unpaired) electrons. The Hall–Kier alpha value is -3.08. The molecule has 3 N–H and O–H groups in total. The summed E-state index contributed by atoms with van der Waals surface area (Å²) in [6.45, 7) is 4.10. The molecule has 0 fully saturated rings. The van der Waals surface area contributed by atoms with Crippen LogP contribution < -0.4 is 5.32 Å². The standard InChI is InChI=1S/C18H16N4O/c1-10-5-11(2)14-8-17(21-16(14)6-10)18(23)20-13-4-3-12-9-19-22-15(12)7-13/h3-9,21H,1-2H3,(H,19,22)(H,20,23). The van der Waals surface area contributed by atoms with Crippen molar-refractivity contribution in [3.63, 3.8) is 0 Å². The zero-order chi connectivity index (χ0) is 16.0. The van der Waals surface area contributed by atoms with Crippen LogP contribution in [-0.2, 0) is 0 Å². The molecule has 5 nitrogen and oxygen atoms in total. The predicted molar refractivity (Wildman–Crippen MR) is 91.8 cm³/mol. The zero-order valence-corrected chi connectivity index (χ0v) is 12.9. The number of aryl methyl sites for hydroxylation is 2. The average Bonchev–Trinajstić information content (AvgIpc) is 3.12. The molecular weight excluding hydrogens is 288 g/mol. The highest BCUT2D eigenvalue weighted by atomic mass is 16.1. The van der Waals surface area contributed by atoms with E-state index in [1.165, 1.54) is 5.56 Å². The lowest BCUT2D eigenvalue weighted by atomic mass is 10.1. The van der Waals surface area contributed by atoms with Crippen molar-refractivity contribution in [3.8, 4) is 0 Å². The Labute approximate surface area is 132 Å². The van der Waals surface area contributed by atoms with Crippen molar-refractivity contribution in [2.75, 3.05) is 5.32 Å². The molecule has 0 aliphatic rings. The Balaban J connectivity index is 1.67. The monoisotopic (exact) mass is 304 g/mol. The first-order chi connectivity index (χ1) is 11.1. The van der Waals surface area contributed by atoms with Gasteiger partial charge in [0.05, 0.1) is 11.7 Å². The number of anilines is 1. The molecule has 0 atom stereocenters. The molecule has 0 aliphatic carbocycles. The summed E-state index contributed by atoms with van der Waals surface area (Å²) in [5, 5.41) is 11.9. The number of hydrogen-bond donors (Lipinski definition) is 3. The van der Waals surface area contributed by atoms with E-state index < -0.39 is 0 Å². The highest BCUT2D eigenvalue weighted by Gasteiger charge is 2.12. The third kappa shape index (κ3) is 2.36. The molecule has 2 heterocycles. The van der Waals surface area contributed by atoms with Gasteiger partial charge < -0.3 is 10.3 Å². The van der Waals surface area contributed by atoms with Gasteiger partial charge in [0.25, 0.3) is 5.91 Å². The quantitative estimate of drug-likeness (QED) is 0.525. The Morgan fingerprint density at radius 3 is 2.83 bits per heavy atom. The van der Waals surface area contributed by atoms with Crippen LogP contribution in [0.15, 0.2) is 42.6 Å². The first kappa shape index (κ1) is 13.6. The first-order valence-electron chi connectivity index (χ1n) is 7.44. The summed E-state index contributed by atoms with van der Waals surface area (Å²) in [7, 11) is 0. The van der Waals surface area contributed by atoms with Crippen molar-refractivity contribution < 1.29 is 4.79 Å². The largest absolute Gasteiger partial charge is 0.351 e. The van der Waals surface area contributed by atoms with Crippen molar-refractivity contribution in [2.45, 2.75) is 13.8 Å². The Morgan fingerprint density at radius 1 is 1.09 bits per heavy atom. The third-order valence-electron chi connectivity index (χ3n) is 4.03. The average molecular weight is 304 g/mol. The molecule has 4 aromatic rings. The fourth-order valence-corrected chi connectivity index (χ4v) is 2.93. The van der Waals surface area contributed by atoms with Crippen molar-refractivity contribution in [1.82, 2.24) is 15.2 Å². The van der Waals surface area contributed by atoms with Gasteiger partial charge in [-0.25, -0.2) is 0 Å². The van der Waals surface area contributed by atoms with Gasteiger partial charge in [0.2, 0.25) is 0 Å². The zero-order valence-electron chi connectivity index (χ0n) is 12.9. The van der Waals surface area contributed by atoms with E-state index in [0.717, 1.165) is 33.1 Å². The number of rotatable bonds is 2. The molecule has 0 unspecified atom stereocenters. The van der Waals surface area contributed by atoms with E-state index in [0.29, 0.717) is 5.69 Å². The van der Waals surface area contributed by atoms with Gasteiger partial charge in [-0.2, -0.15) is 5.10 Å². The van der Waals surface area contributed by atoms with E-state index in [4.69, 9.17) is 0 Å². The number of aromatic nitrogens is 3. The fourth-order valence-electron chi connectivity index (χ4n) is 2.93. The number of nitrogens with zero attached hydrogens (tertiary/aromatic N) is 1. The molecular formula is C18H16N4O. The fraction of sp³-hybridized carbons (Fsp3) is 0.111. The summed E-state index contributed by atoms with van der Waals surface area (Å²) >= 11 is 0. The number of carbonyl (C=O) groups is 1. The number of aromatic amines is 2. The number of amides is 1. The molecule has 5 heteroatoms. The Bertz CT molecular complexity index is 1040. The molecule has 0 saturated heterocycles. The van der Waals surface area contributed by atoms with E-state index in [2.05, 4.69) is 39.6 Å². The maximum absolute atomic E-state index is 12.5. The number of hydrogen-bond acceptors (Lipinski definition) is 2. The smallest absolute Gasteiger partial charge is 0.272 e. The minimum atomic E-state index is -0.155. The van der Waals surface area contributed by atoms with Crippen molar-refractivity contribution in [3.05, 3.63) is 59.4 Å². The van der Waals surface area contributed by atoms with Crippen molar-refractivity contribution >= 4 is 33.4 Å². The second-order valence-corrected chi connectivity index (χ2v) is 5.85. The molecule has 0 saturated carbocycles. The lowest BCUT2D eigenvalue weighted by Gasteiger charge is -2.03. The summed E-state index contributed by atoms with van der Waals surface area (Å²) in [4.78, 5) is 15.7. The van der Waals surface area contributed by atoms with E-state index in [1.807, 2.05) is 31.2 Å². The van der Waals surface area contributed by atoms with Crippen LogP contribution in [0, 0.1) is 13.8 Å². The summed E-state index contributed by atoms with van der Waals surface area (Å²) < 4.78 is 0. The van der Waals surface area contributed by atoms with Crippen LogP contribution in [0.25, 0.3) is 21.8 Å². The van der Waals surface area contributed by atoms with Gasteiger partial charge in [-0.15, -0.1) is 0 Å². The number of fused-ring (bicyclic) bond motifs is 2. The van der Waals surface area contributed by atoms with Gasteiger partial charge in [0, 0.05) is 22.0 Å². The first-order valence-corrected chi connectivity index (χ1v) is 7.44. The van der Waals surface area contributed by atoms with Crippen molar-refractivity contribution in [1.29, 1.82) is 0 Å². The van der Waals surface area contributed by atoms with Crippen LogP contribution in [-0.4, -0.2) is 21.1 Å².